The van der Waals surface area contributed by atoms with Gasteiger partial charge in [-0.25, -0.2) is 13.4 Å². The van der Waals surface area contributed by atoms with Crippen molar-refractivity contribution in [2.75, 3.05) is 18.2 Å². The average Bonchev–Trinajstić information content (AvgIpc) is 3.09. The lowest BCUT2D eigenvalue weighted by atomic mass is 10.2. The van der Waals surface area contributed by atoms with Crippen molar-refractivity contribution in [1.82, 2.24) is 4.98 Å². The number of hydrogen-bond donors (Lipinski definition) is 1. The van der Waals surface area contributed by atoms with Crippen molar-refractivity contribution >= 4 is 48.1 Å². The van der Waals surface area contributed by atoms with Crippen LogP contribution in [0.4, 0.5) is 10.8 Å². The smallest absolute Gasteiger partial charge is 0.274 e. The quantitative estimate of drug-likeness (QED) is 0.478. The zero-order valence-corrected chi connectivity index (χ0v) is 16.5. The van der Waals surface area contributed by atoms with Crippen LogP contribution in [-0.2, 0) is 9.84 Å². The lowest BCUT2D eigenvalue weighted by Crippen LogP contribution is -2.13. The Morgan fingerprint density at radius 2 is 2.07 bits per heavy atom. The fourth-order valence-electron chi connectivity index (χ4n) is 2.47. The number of benzene rings is 2. The van der Waals surface area contributed by atoms with Crippen LogP contribution in [0.1, 0.15) is 17.3 Å². The predicted molar refractivity (Wildman–Crippen MR) is 105 cm³/mol. The minimum absolute atomic E-state index is 0.0595. The van der Waals surface area contributed by atoms with E-state index >= 15 is 0 Å². The highest BCUT2D eigenvalue weighted by atomic mass is 32.2. The second kappa shape index (κ2) is 7.52. The standard InChI is InChI=1S/C17H15N3O6S2/c1-3-28(24,25)12-6-4-5-10(7-12)16(21)19-17-18-15-13(26-2)8-11(20(22)23)9-14(15)27-17/h4-9H,3H2,1-2H3,(H,18,19,21). The number of ether oxygens (including phenoxy) is 1. The number of hydrogen-bond acceptors (Lipinski definition) is 8. The van der Waals surface area contributed by atoms with Crippen molar-refractivity contribution in [3.8, 4) is 5.75 Å². The highest BCUT2D eigenvalue weighted by Crippen LogP contribution is 2.36. The average molecular weight is 421 g/mol. The predicted octanol–water partition coefficient (Wildman–Crippen LogP) is 3.26. The number of carbonyl (C=O) groups is 1. The molecule has 0 saturated carbocycles. The van der Waals surface area contributed by atoms with Crippen molar-refractivity contribution in [2.24, 2.45) is 0 Å². The van der Waals surface area contributed by atoms with E-state index < -0.39 is 20.7 Å². The molecule has 0 atom stereocenters. The Labute approximate surface area is 164 Å². The molecule has 1 N–H and O–H groups in total. The molecule has 0 saturated heterocycles. The van der Waals surface area contributed by atoms with E-state index in [1.54, 1.807) is 0 Å². The Bertz CT molecular complexity index is 1190. The maximum absolute atomic E-state index is 12.5. The third kappa shape index (κ3) is 3.80. The van der Waals surface area contributed by atoms with E-state index in [4.69, 9.17) is 4.74 Å². The van der Waals surface area contributed by atoms with Gasteiger partial charge in [0.05, 0.1) is 33.4 Å². The summed E-state index contributed by atoms with van der Waals surface area (Å²) in [6.45, 7) is 1.52. The van der Waals surface area contributed by atoms with E-state index in [2.05, 4.69) is 10.3 Å². The molecule has 3 rings (SSSR count). The molecule has 0 fully saturated rings. The van der Waals surface area contributed by atoms with Gasteiger partial charge in [-0.05, 0) is 18.2 Å². The van der Waals surface area contributed by atoms with E-state index in [1.165, 1.54) is 50.4 Å². The molecule has 1 amide bonds. The summed E-state index contributed by atoms with van der Waals surface area (Å²) in [7, 11) is -2.07. The summed E-state index contributed by atoms with van der Waals surface area (Å²) < 4.78 is 29.6. The molecule has 0 unspecified atom stereocenters. The van der Waals surface area contributed by atoms with Crippen molar-refractivity contribution < 1.29 is 22.9 Å². The van der Waals surface area contributed by atoms with E-state index in [9.17, 15) is 23.3 Å². The van der Waals surface area contributed by atoms with Crippen molar-refractivity contribution in [3.63, 3.8) is 0 Å². The summed E-state index contributed by atoms with van der Waals surface area (Å²) in [6.07, 6.45) is 0. The van der Waals surface area contributed by atoms with Crippen LogP contribution in [0.25, 0.3) is 10.2 Å². The van der Waals surface area contributed by atoms with E-state index in [1.807, 2.05) is 0 Å². The third-order valence-corrected chi connectivity index (χ3v) is 6.58. The van der Waals surface area contributed by atoms with Crippen molar-refractivity contribution in [1.29, 1.82) is 0 Å². The van der Waals surface area contributed by atoms with Crippen LogP contribution in [0.5, 0.6) is 5.75 Å². The van der Waals surface area contributed by atoms with Gasteiger partial charge in [0.2, 0.25) is 0 Å². The highest BCUT2D eigenvalue weighted by Gasteiger charge is 2.19. The van der Waals surface area contributed by atoms with Gasteiger partial charge in [-0.3, -0.25) is 20.2 Å². The minimum Gasteiger partial charge on any atom is -0.494 e. The Hall–Kier alpha value is -3.05. The number of non-ortho nitro benzene ring substituents is 1. The van der Waals surface area contributed by atoms with Gasteiger partial charge < -0.3 is 4.74 Å². The monoisotopic (exact) mass is 421 g/mol. The van der Waals surface area contributed by atoms with Gasteiger partial charge in [0.1, 0.15) is 5.52 Å². The first kappa shape index (κ1) is 19.7. The Kier molecular flexibility index (Phi) is 5.29. The molecular formula is C17H15N3O6S2. The van der Waals surface area contributed by atoms with Gasteiger partial charge in [0.25, 0.3) is 11.6 Å². The topological polar surface area (TPSA) is 128 Å². The molecule has 2 aromatic carbocycles. The molecular weight excluding hydrogens is 406 g/mol. The zero-order valence-electron chi connectivity index (χ0n) is 14.8. The van der Waals surface area contributed by atoms with Crippen LogP contribution in [0, 0.1) is 10.1 Å². The number of nitrogens with zero attached hydrogens (tertiary/aromatic N) is 2. The number of methoxy groups -OCH3 is 1. The lowest BCUT2D eigenvalue weighted by molar-refractivity contribution is -0.384. The number of nitrogens with one attached hydrogen (secondary N) is 1. The number of anilines is 1. The summed E-state index contributed by atoms with van der Waals surface area (Å²) in [6, 6.07) is 8.31. The molecule has 0 aliphatic rings. The zero-order chi connectivity index (χ0) is 20.5. The number of aromatic nitrogens is 1. The molecule has 28 heavy (non-hydrogen) atoms. The number of fused-ring (bicyclic) bond motifs is 1. The van der Waals surface area contributed by atoms with Crippen molar-refractivity contribution in [3.05, 3.63) is 52.1 Å². The normalized spacial score (nSPS) is 11.4. The van der Waals surface area contributed by atoms with E-state index in [0.29, 0.717) is 10.2 Å². The summed E-state index contributed by atoms with van der Waals surface area (Å²) in [4.78, 5) is 27.3. The van der Waals surface area contributed by atoms with Crippen LogP contribution >= 0.6 is 11.3 Å². The number of carbonyl (C=O) groups excluding carboxylic acids is 1. The SMILES string of the molecule is CCS(=O)(=O)c1cccc(C(=O)Nc2nc3c(OC)cc([N+](=O)[O-])cc3s2)c1. The molecule has 0 spiro atoms. The molecule has 146 valence electrons. The Morgan fingerprint density at radius 3 is 2.71 bits per heavy atom. The number of nitro groups is 1. The maximum Gasteiger partial charge on any atom is 0.274 e. The molecule has 3 aromatic rings. The van der Waals surface area contributed by atoms with Crippen LogP contribution in [0.15, 0.2) is 41.3 Å². The van der Waals surface area contributed by atoms with Crippen LogP contribution in [0.3, 0.4) is 0 Å². The van der Waals surface area contributed by atoms with Gasteiger partial charge in [-0.2, -0.15) is 0 Å². The molecule has 0 aliphatic heterocycles. The first-order chi connectivity index (χ1) is 13.2. The highest BCUT2D eigenvalue weighted by molar-refractivity contribution is 7.91. The number of thiazole rings is 1. The van der Waals surface area contributed by atoms with E-state index in [-0.39, 0.29) is 32.8 Å². The molecule has 0 radical (unpaired) electrons. The van der Waals surface area contributed by atoms with Gasteiger partial charge in [0, 0.05) is 11.6 Å². The third-order valence-electron chi connectivity index (χ3n) is 3.93. The van der Waals surface area contributed by atoms with Crippen LogP contribution < -0.4 is 10.1 Å². The summed E-state index contributed by atoms with van der Waals surface area (Å²) >= 11 is 1.05. The molecule has 0 aliphatic carbocycles. The Balaban J connectivity index is 1.94. The summed E-state index contributed by atoms with van der Waals surface area (Å²) in [5.74, 6) is -0.396. The van der Waals surface area contributed by atoms with Crippen molar-refractivity contribution in [2.45, 2.75) is 11.8 Å². The molecule has 9 nitrogen and oxygen atoms in total. The maximum atomic E-state index is 12.5. The second-order valence-electron chi connectivity index (χ2n) is 5.66. The largest absolute Gasteiger partial charge is 0.494 e. The number of rotatable bonds is 6. The fraction of sp³-hybridized carbons (Fsp3) is 0.176. The van der Waals surface area contributed by atoms with Crippen LogP contribution in [0.2, 0.25) is 0 Å². The first-order valence-electron chi connectivity index (χ1n) is 8.02. The van der Waals surface area contributed by atoms with E-state index in [0.717, 1.165) is 11.3 Å². The molecule has 1 heterocycles. The van der Waals surface area contributed by atoms with Gasteiger partial charge in [-0.15, -0.1) is 0 Å². The number of amides is 1. The number of sulfone groups is 1. The Morgan fingerprint density at radius 1 is 1.32 bits per heavy atom. The summed E-state index contributed by atoms with van der Waals surface area (Å²) in [5, 5.41) is 13.8. The molecule has 11 heteroatoms. The minimum atomic E-state index is -3.44. The second-order valence-corrected chi connectivity index (χ2v) is 8.97. The van der Waals surface area contributed by atoms with Gasteiger partial charge >= 0.3 is 0 Å². The number of nitro benzene ring substituents is 1. The van der Waals surface area contributed by atoms with Crippen LogP contribution in [-0.4, -0.2) is 37.1 Å². The van der Waals surface area contributed by atoms with Gasteiger partial charge in [-0.1, -0.05) is 24.3 Å². The molecule has 0 bridgehead atoms. The van der Waals surface area contributed by atoms with Gasteiger partial charge in [0.15, 0.2) is 20.7 Å². The lowest BCUT2D eigenvalue weighted by Gasteiger charge is -2.05. The molecule has 1 aromatic heterocycles. The summed E-state index contributed by atoms with van der Waals surface area (Å²) in [5.41, 5.74) is 0.394. The fourth-order valence-corrected chi connectivity index (χ4v) is 4.30. The first-order valence-corrected chi connectivity index (χ1v) is 10.5.